The van der Waals surface area contributed by atoms with Crippen LogP contribution in [0, 0.1) is 23.7 Å². The zero-order chi connectivity index (χ0) is 14.4. The molecule has 0 bridgehead atoms. The quantitative estimate of drug-likeness (QED) is 0.886. The molecule has 1 saturated carbocycles. The van der Waals surface area contributed by atoms with E-state index in [4.69, 9.17) is 10.5 Å². The van der Waals surface area contributed by atoms with Gasteiger partial charge in [0, 0.05) is 11.6 Å². The van der Waals surface area contributed by atoms with Crippen LogP contribution in [0.5, 0.6) is 5.75 Å². The zero-order valence-electron chi connectivity index (χ0n) is 13.1. The third-order valence-electron chi connectivity index (χ3n) is 5.32. The molecule has 2 heteroatoms. The molecule has 2 N–H and O–H groups in total. The van der Waals surface area contributed by atoms with Gasteiger partial charge < -0.3 is 10.5 Å². The number of ether oxygens (including phenoxy) is 1. The van der Waals surface area contributed by atoms with Crippen molar-refractivity contribution in [3.05, 3.63) is 29.3 Å². The lowest BCUT2D eigenvalue weighted by Gasteiger charge is -2.19. The summed E-state index contributed by atoms with van der Waals surface area (Å²) in [7, 11) is 0. The normalized spacial score (nSPS) is 22.1. The van der Waals surface area contributed by atoms with Crippen LogP contribution in [-0.4, -0.2) is 6.61 Å². The summed E-state index contributed by atoms with van der Waals surface area (Å²) < 4.78 is 5.75. The van der Waals surface area contributed by atoms with Crippen LogP contribution in [0.15, 0.2) is 18.2 Å². The zero-order valence-corrected chi connectivity index (χ0v) is 13.1. The van der Waals surface area contributed by atoms with E-state index in [0.717, 1.165) is 11.3 Å². The van der Waals surface area contributed by atoms with Crippen molar-refractivity contribution in [3.63, 3.8) is 0 Å². The molecule has 0 saturated heterocycles. The molecule has 2 rings (SSSR count). The second kappa shape index (κ2) is 4.52. The Bertz CT molecular complexity index is 462. The van der Waals surface area contributed by atoms with Crippen molar-refractivity contribution in [1.82, 2.24) is 0 Å². The summed E-state index contributed by atoms with van der Waals surface area (Å²) in [5.74, 6) is 1.44. The number of nitrogens with two attached hydrogens (primary N) is 1. The van der Waals surface area contributed by atoms with E-state index in [9.17, 15) is 0 Å². The molecule has 1 unspecified atom stereocenters. The van der Waals surface area contributed by atoms with E-state index in [2.05, 4.69) is 52.8 Å². The predicted octanol–water partition coefficient (Wildman–Crippen LogP) is 4.08. The van der Waals surface area contributed by atoms with Gasteiger partial charge in [-0.05, 0) is 36.7 Å². The fourth-order valence-corrected chi connectivity index (χ4v) is 3.54. The average molecular weight is 261 g/mol. The van der Waals surface area contributed by atoms with Crippen LogP contribution in [0.25, 0.3) is 0 Å². The van der Waals surface area contributed by atoms with Crippen LogP contribution in [0.1, 0.15) is 51.8 Å². The largest absolute Gasteiger partial charge is 0.494 e. The number of aryl methyl sites for hydroxylation is 1. The van der Waals surface area contributed by atoms with Gasteiger partial charge >= 0.3 is 0 Å². The van der Waals surface area contributed by atoms with Crippen LogP contribution in [-0.2, 0) is 0 Å². The van der Waals surface area contributed by atoms with Gasteiger partial charge in [0.2, 0.25) is 0 Å². The van der Waals surface area contributed by atoms with Gasteiger partial charge in [-0.15, -0.1) is 0 Å². The molecule has 0 aliphatic heterocycles. The Morgan fingerprint density at radius 3 is 2.26 bits per heavy atom. The molecule has 19 heavy (non-hydrogen) atoms. The van der Waals surface area contributed by atoms with Crippen molar-refractivity contribution in [3.8, 4) is 5.75 Å². The highest BCUT2D eigenvalue weighted by molar-refractivity contribution is 5.41. The third-order valence-corrected chi connectivity index (χ3v) is 5.32. The molecule has 0 aromatic heterocycles. The van der Waals surface area contributed by atoms with E-state index >= 15 is 0 Å². The molecule has 1 fully saturated rings. The maximum Gasteiger partial charge on any atom is 0.124 e. The van der Waals surface area contributed by atoms with Crippen LogP contribution in [0.2, 0.25) is 0 Å². The lowest BCUT2D eigenvalue weighted by Crippen LogP contribution is -2.18. The Balaban J connectivity index is 2.34. The van der Waals surface area contributed by atoms with Gasteiger partial charge in [-0.2, -0.15) is 0 Å². The topological polar surface area (TPSA) is 35.2 Å². The SMILES string of the molecule is CCOc1ccc(C)cc1C(N)C1C(C)(C)C1(C)C. The summed E-state index contributed by atoms with van der Waals surface area (Å²) in [5.41, 5.74) is 9.55. The molecule has 1 aromatic rings. The summed E-state index contributed by atoms with van der Waals surface area (Å²) in [6.45, 7) is 14.1. The first kappa shape index (κ1) is 14.4. The van der Waals surface area contributed by atoms with Crippen LogP contribution < -0.4 is 10.5 Å². The monoisotopic (exact) mass is 261 g/mol. The maximum absolute atomic E-state index is 6.57. The lowest BCUT2D eigenvalue weighted by molar-refractivity contribution is 0.330. The molecule has 106 valence electrons. The summed E-state index contributed by atoms with van der Waals surface area (Å²) in [6.07, 6.45) is 0. The molecule has 0 amide bonds. The Kier molecular flexibility index (Phi) is 3.42. The van der Waals surface area contributed by atoms with Crippen LogP contribution in [0.4, 0.5) is 0 Å². The Labute approximate surface area is 117 Å². The fourth-order valence-electron chi connectivity index (χ4n) is 3.54. The highest BCUT2D eigenvalue weighted by atomic mass is 16.5. The van der Waals surface area contributed by atoms with E-state index in [1.54, 1.807) is 0 Å². The van der Waals surface area contributed by atoms with Gasteiger partial charge in [-0.1, -0.05) is 45.4 Å². The summed E-state index contributed by atoms with van der Waals surface area (Å²) >= 11 is 0. The van der Waals surface area contributed by atoms with Crippen molar-refractivity contribution in [2.45, 2.75) is 47.6 Å². The highest BCUT2D eigenvalue weighted by Gasteiger charge is 2.66. The summed E-state index contributed by atoms with van der Waals surface area (Å²) in [4.78, 5) is 0. The lowest BCUT2D eigenvalue weighted by atomic mass is 9.95. The number of benzene rings is 1. The molecule has 1 aromatic carbocycles. The average Bonchev–Trinajstić information content (AvgIpc) is 2.71. The third kappa shape index (κ3) is 2.16. The summed E-state index contributed by atoms with van der Waals surface area (Å²) in [5, 5.41) is 0. The fraction of sp³-hybridized carbons (Fsp3) is 0.647. The second-order valence-electron chi connectivity index (χ2n) is 6.92. The van der Waals surface area contributed by atoms with Gasteiger partial charge in [0.1, 0.15) is 5.75 Å². The minimum absolute atomic E-state index is 0.0476. The van der Waals surface area contributed by atoms with Crippen molar-refractivity contribution < 1.29 is 4.74 Å². The second-order valence-corrected chi connectivity index (χ2v) is 6.92. The van der Waals surface area contributed by atoms with Gasteiger partial charge in [0.05, 0.1) is 6.61 Å². The predicted molar refractivity (Wildman–Crippen MR) is 80.3 cm³/mol. The number of hydrogen-bond acceptors (Lipinski definition) is 2. The molecule has 1 atom stereocenters. The van der Waals surface area contributed by atoms with Crippen molar-refractivity contribution >= 4 is 0 Å². The van der Waals surface area contributed by atoms with E-state index in [0.29, 0.717) is 23.4 Å². The molecule has 0 spiro atoms. The van der Waals surface area contributed by atoms with Gasteiger partial charge in [-0.25, -0.2) is 0 Å². The van der Waals surface area contributed by atoms with Gasteiger partial charge in [0.25, 0.3) is 0 Å². The van der Waals surface area contributed by atoms with Gasteiger partial charge in [-0.3, -0.25) is 0 Å². The molecule has 0 heterocycles. The first-order valence-corrected chi connectivity index (χ1v) is 7.22. The minimum Gasteiger partial charge on any atom is -0.494 e. The van der Waals surface area contributed by atoms with Crippen molar-refractivity contribution in [2.75, 3.05) is 6.61 Å². The first-order chi connectivity index (χ1) is 8.73. The van der Waals surface area contributed by atoms with E-state index in [-0.39, 0.29) is 6.04 Å². The van der Waals surface area contributed by atoms with Crippen LogP contribution in [0.3, 0.4) is 0 Å². The van der Waals surface area contributed by atoms with E-state index in [1.807, 2.05) is 6.92 Å². The van der Waals surface area contributed by atoms with Gasteiger partial charge in [0.15, 0.2) is 0 Å². The minimum atomic E-state index is 0.0476. The van der Waals surface area contributed by atoms with Crippen molar-refractivity contribution in [2.24, 2.45) is 22.5 Å². The molecule has 1 aliphatic rings. The highest BCUT2D eigenvalue weighted by Crippen LogP contribution is 2.72. The molecular weight excluding hydrogens is 234 g/mol. The van der Waals surface area contributed by atoms with Crippen LogP contribution >= 0.6 is 0 Å². The maximum atomic E-state index is 6.57. The Hall–Kier alpha value is -1.02. The molecule has 2 nitrogen and oxygen atoms in total. The molecule has 0 radical (unpaired) electrons. The molecule has 1 aliphatic carbocycles. The Morgan fingerprint density at radius 2 is 1.79 bits per heavy atom. The standard InChI is InChI=1S/C17H27NO/c1-7-19-13-9-8-11(2)10-12(13)14(18)15-16(3,4)17(15,5)6/h8-10,14-15H,7,18H2,1-6H3. The molecular formula is C17H27NO. The smallest absolute Gasteiger partial charge is 0.124 e. The first-order valence-electron chi connectivity index (χ1n) is 7.22. The van der Waals surface area contributed by atoms with E-state index in [1.165, 1.54) is 5.56 Å². The summed E-state index contributed by atoms with van der Waals surface area (Å²) in [6, 6.07) is 6.37. The number of hydrogen-bond donors (Lipinski definition) is 1. The number of rotatable bonds is 4. The van der Waals surface area contributed by atoms with Crippen molar-refractivity contribution in [1.29, 1.82) is 0 Å². The Morgan fingerprint density at radius 1 is 1.21 bits per heavy atom. The van der Waals surface area contributed by atoms with E-state index < -0.39 is 0 Å².